The SMILES string of the molecule is COC(=O)c1oc(NOC(C)=O)c(-c2ccccc2)c1-c1ccccc1. The minimum atomic E-state index is -0.628. The second kappa shape index (κ2) is 7.57. The first-order valence-electron chi connectivity index (χ1n) is 7.91. The Morgan fingerprint density at radius 3 is 1.92 bits per heavy atom. The molecule has 1 aromatic heterocycles. The molecule has 132 valence electrons. The second-order valence-electron chi connectivity index (χ2n) is 5.43. The Morgan fingerprint density at radius 2 is 1.42 bits per heavy atom. The van der Waals surface area contributed by atoms with Gasteiger partial charge in [-0.1, -0.05) is 60.7 Å². The van der Waals surface area contributed by atoms with Gasteiger partial charge < -0.3 is 14.0 Å². The van der Waals surface area contributed by atoms with Gasteiger partial charge >= 0.3 is 11.9 Å². The largest absolute Gasteiger partial charge is 0.463 e. The molecule has 0 spiro atoms. The number of esters is 1. The Bertz CT molecular complexity index is 916. The molecule has 2 aromatic carbocycles. The minimum absolute atomic E-state index is 0.0206. The number of carbonyl (C=O) groups is 2. The van der Waals surface area contributed by atoms with Gasteiger partial charge in [0.05, 0.1) is 12.7 Å². The smallest absolute Gasteiger partial charge is 0.374 e. The van der Waals surface area contributed by atoms with E-state index in [4.69, 9.17) is 14.0 Å². The molecule has 0 aliphatic heterocycles. The Hall–Kier alpha value is -3.54. The lowest BCUT2D eigenvalue weighted by Crippen LogP contribution is -2.06. The molecule has 0 unspecified atom stereocenters. The third kappa shape index (κ3) is 3.44. The van der Waals surface area contributed by atoms with Gasteiger partial charge in [-0.05, 0) is 11.1 Å². The number of furan rings is 1. The number of rotatable bonds is 5. The van der Waals surface area contributed by atoms with E-state index in [-0.39, 0.29) is 11.6 Å². The number of benzene rings is 2. The van der Waals surface area contributed by atoms with Crippen molar-refractivity contribution < 1.29 is 23.6 Å². The maximum Gasteiger partial charge on any atom is 0.374 e. The van der Waals surface area contributed by atoms with Crippen molar-refractivity contribution in [3.05, 3.63) is 66.4 Å². The van der Waals surface area contributed by atoms with E-state index in [1.54, 1.807) is 0 Å². The van der Waals surface area contributed by atoms with E-state index >= 15 is 0 Å². The van der Waals surface area contributed by atoms with Crippen LogP contribution in [0.25, 0.3) is 22.3 Å². The fourth-order valence-corrected chi connectivity index (χ4v) is 2.62. The van der Waals surface area contributed by atoms with Crippen LogP contribution in [0.1, 0.15) is 17.5 Å². The summed E-state index contributed by atoms with van der Waals surface area (Å²) in [7, 11) is 1.28. The van der Waals surface area contributed by atoms with Crippen molar-refractivity contribution in [1.29, 1.82) is 0 Å². The minimum Gasteiger partial charge on any atom is -0.463 e. The average Bonchev–Trinajstić information content (AvgIpc) is 3.06. The van der Waals surface area contributed by atoms with E-state index in [0.717, 1.165) is 11.1 Å². The fraction of sp³-hybridized carbons (Fsp3) is 0.100. The normalized spacial score (nSPS) is 10.2. The molecule has 0 bridgehead atoms. The van der Waals surface area contributed by atoms with Gasteiger partial charge in [0.15, 0.2) is 0 Å². The molecule has 0 aliphatic carbocycles. The van der Waals surface area contributed by atoms with E-state index < -0.39 is 11.9 Å². The van der Waals surface area contributed by atoms with Crippen LogP contribution in [0.4, 0.5) is 5.88 Å². The van der Waals surface area contributed by atoms with Crippen LogP contribution in [0.3, 0.4) is 0 Å². The summed E-state index contributed by atoms with van der Waals surface area (Å²) in [6.07, 6.45) is 0. The van der Waals surface area contributed by atoms with Crippen LogP contribution in [0.2, 0.25) is 0 Å². The van der Waals surface area contributed by atoms with Crippen molar-refractivity contribution in [1.82, 2.24) is 0 Å². The summed E-state index contributed by atoms with van der Waals surface area (Å²) in [6.45, 7) is 1.26. The van der Waals surface area contributed by atoms with Crippen molar-refractivity contribution in [3.8, 4) is 22.3 Å². The zero-order valence-electron chi connectivity index (χ0n) is 14.3. The zero-order valence-corrected chi connectivity index (χ0v) is 14.3. The highest BCUT2D eigenvalue weighted by atomic mass is 16.7. The summed E-state index contributed by atoms with van der Waals surface area (Å²) in [5.41, 5.74) is 5.21. The summed E-state index contributed by atoms with van der Waals surface area (Å²) in [4.78, 5) is 28.4. The molecule has 0 aliphatic rings. The molecule has 0 radical (unpaired) electrons. The van der Waals surface area contributed by atoms with E-state index in [9.17, 15) is 9.59 Å². The lowest BCUT2D eigenvalue weighted by atomic mass is 9.96. The van der Waals surface area contributed by atoms with Crippen LogP contribution >= 0.6 is 0 Å². The van der Waals surface area contributed by atoms with Gasteiger partial charge in [0.25, 0.3) is 0 Å². The van der Waals surface area contributed by atoms with E-state index in [1.165, 1.54) is 14.0 Å². The van der Waals surface area contributed by atoms with Gasteiger partial charge in [0, 0.05) is 12.5 Å². The Balaban J connectivity index is 2.27. The van der Waals surface area contributed by atoms with Crippen LogP contribution in [0.5, 0.6) is 0 Å². The van der Waals surface area contributed by atoms with E-state index in [1.807, 2.05) is 60.7 Å². The van der Waals surface area contributed by atoms with Gasteiger partial charge in [-0.25, -0.2) is 4.79 Å². The molecule has 0 amide bonds. The van der Waals surface area contributed by atoms with Crippen molar-refractivity contribution in [2.24, 2.45) is 0 Å². The van der Waals surface area contributed by atoms with Gasteiger partial charge in [-0.15, -0.1) is 0 Å². The first kappa shape index (κ1) is 17.3. The quantitative estimate of drug-likeness (QED) is 0.546. The van der Waals surface area contributed by atoms with E-state index in [2.05, 4.69) is 5.48 Å². The molecule has 6 heteroatoms. The lowest BCUT2D eigenvalue weighted by molar-refractivity contribution is -0.138. The van der Waals surface area contributed by atoms with Gasteiger partial charge in [-0.2, -0.15) is 5.48 Å². The highest BCUT2D eigenvalue weighted by Crippen LogP contribution is 2.43. The van der Waals surface area contributed by atoms with Gasteiger partial charge in [0.2, 0.25) is 11.6 Å². The fourth-order valence-electron chi connectivity index (χ4n) is 2.62. The van der Waals surface area contributed by atoms with Crippen LogP contribution in [0.15, 0.2) is 65.1 Å². The van der Waals surface area contributed by atoms with Crippen molar-refractivity contribution in [3.63, 3.8) is 0 Å². The third-order valence-corrected chi connectivity index (χ3v) is 3.69. The number of anilines is 1. The maximum absolute atomic E-state index is 12.3. The number of nitrogens with one attached hydrogen (secondary N) is 1. The molecule has 0 atom stereocenters. The average molecular weight is 351 g/mol. The predicted molar refractivity (Wildman–Crippen MR) is 96.3 cm³/mol. The molecule has 1 heterocycles. The Kier molecular flexibility index (Phi) is 5.03. The van der Waals surface area contributed by atoms with Crippen LogP contribution in [-0.4, -0.2) is 19.0 Å². The first-order valence-corrected chi connectivity index (χ1v) is 7.91. The first-order chi connectivity index (χ1) is 12.6. The third-order valence-electron chi connectivity index (χ3n) is 3.69. The Morgan fingerprint density at radius 1 is 0.885 bits per heavy atom. The molecular formula is C20H17NO5. The number of hydrogen-bond acceptors (Lipinski definition) is 6. The highest BCUT2D eigenvalue weighted by molar-refractivity contribution is 6.03. The molecular weight excluding hydrogens is 334 g/mol. The van der Waals surface area contributed by atoms with Crippen molar-refractivity contribution in [2.75, 3.05) is 12.6 Å². The summed E-state index contributed by atoms with van der Waals surface area (Å²) >= 11 is 0. The molecule has 0 fully saturated rings. The highest BCUT2D eigenvalue weighted by Gasteiger charge is 2.28. The molecule has 3 aromatic rings. The summed E-state index contributed by atoms with van der Waals surface area (Å²) < 4.78 is 10.6. The lowest BCUT2D eigenvalue weighted by Gasteiger charge is -2.08. The Labute approximate surface area is 150 Å². The molecule has 0 saturated heterocycles. The van der Waals surface area contributed by atoms with Crippen LogP contribution in [-0.2, 0) is 14.4 Å². The summed E-state index contributed by atoms with van der Waals surface area (Å²) in [5, 5.41) is 0. The van der Waals surface area contributed by atoms with Crippen molar-refractivity contribution >= 4 is 17.8 Å². The van der Waals surface area contributed by atoms with Crippen molar-refractivity contribution in [2.45, 2.75) is 6.92 Å². The zero-order chi connectivity index (χ0) is 18.5. The van der Waals surface area contributed by atoms with E-state index in [0.29, 0.717) is 11.1 Å². The topological polar surface area (TPSA) is 77.8 Å². The molecule has 1 N–H and O–H groups in total. The number of carbonyl (C=O) groups excluding carboxylic acids is 2. The number of hydrogen-bond donors (Lipinski definition) is 1. The standard InChI is InChI=1S/C20H17NO5/c1-13(22)26-21-19-17(15-11-7-4-8-12-15)16(14-9-5-3-6-10-14)18(25-19)20(23)24-2/h3-12,21H,1-2H3. The monoisotopic (exact) mass is 351 g/mol. The number of methoxy groups -OCH3 is 1. The van der Waals surface area contributed by atoms with Crippen LogP contribution < -0.4 is 5.48 Å². The summed E-state index contributed by atoms with van der Waals surface area (Å²) in [6, 6.07) is 18.7. The molecule has 3 rings (SSSR count). The van der Waals surface area contributed by atoms with Gasteiger partial charge in [-0.3, -0.25) is 4.79 Å². The molecule has 0 saturated carbocycles. The molecule has 26 heavy (non-hydrogen) atoms. The molecule has 6 nitrogen and oxygen atoms in total. The summed E-state index contributed by atoms with van der Waals surface area (Å²) in [5.74, 6) is -1.00. The maximum atomic E-state index is 12.3. The predicted octanol–water partition coefficient (Wildman–Crippen LogP) is 4.29. The second-order valence-corrected chi connectivity index (χ2v) is 5.43. The van der Waals surface area contributed by atoms with Gasteiger partial charge in [0.1, 0.15) is 0 Å². The number of ether oxygens (including phenoxy) is 1. The van der Waals surface area contributed by atoms with Crippen LogP contribution in [0, 0.1) is 0 Å².